The Bertz CT molecular complexity index is 610. The summed E-state index contributed by atoms with van der Waals surface area (Å²) < 4.78 is 18.6. The van der Waals surface area contributed by atoms with E-state index in [0.29, 0.717) is 6.29 Å². The molecule has 2 aromatic carbocycles. The Balaban J connectivity index is 2.56. The Morgan fingerprint density at radius 1 is 1.05 bits per heavy atom. The number of carbonyl (C=O) groups excluding carboxylic acids is 1. The standard InChI is InChI=1S/C16H15FO2/c1-10-6-13(7-11(2)16(10)19-3)12-4-5-15(17)14(8-12)9-18/h4-9H,1-3H3. The van der Waals surface area contributed by atoms with Crippen LogP contribution in [0.1, 0.15) is 21.5 Å². The lowest BCUT2D eigenvalue weighted by atomic mass is 9.98. The van der Waals surface area contributed by atoms with Gasteiger partial charge in [0, 0.05) is 0 Å². The van der Waals surface area contributed by atoms with Crippen molar-refractivity contribution in [3.05, 3.63) is 52.8 Å². The molecule has 0 aromatic heterocycles. The van der Waals surface area contributed by atoms with Gasteiger partial charge in [-0.2, -0.15) is 0 Å². The number of aldehydes is 1. The summed E-state index contributed by atoms with van der Waals surface area (Å²) in [6.07, 6.45) is 0.530. The molecule has 0 saturated heterocycles. The summed E-state index contributed by atoms with van der Waals surface area (Å²) in [5.41, 5.74) is 3.85. The van der Waals surface area contributed by atoms with Crippen molar-refractivity contribution in [2.75, 3.05) is 7.11 Å². The molecule has 0 saturated carbocycles. The number of aryl methyl sites for hydroxylation is 2. The number of rotatable bonds is 3. The zero-order valence-electron chi connectivity index (χ0n) is 11.2. The molecule has 0 unspecified atom stereocenters. The van der Waals surface area contributed by atoms with Gasteiger partial charge in [0.1, 0.15) is 11.6 Å². The first kappa shape index (κ1) is 13.3. The second-order valence-electron chi connectivity index (χ2n) is 4.50. The average Bonchev–Trinajstić information content (AvgIpc) is 2.39. The molecule has 0 N–H and O–H groups in total. The Labute approximate surface area is 111 Å². The normalized spacial score (nSPS) is 10.3. The van der Waals surface area contributed by atoms with Crippen LogP contribution >= 0.6 is 0 Å². The third-order valence-electron chi connectivity index (χ3n) is 3.12. The van der Waals surface area contributed by atoms with E-state index in [0.717, 1.165) is 28.0 Å². The number of carbonyl (C=O) groups is 1. The zero-order valence-corrected chi connectivity index (χ0v) is 11.2. The van der Waals surface area contributed by atoms with Crippen LogP contribution in [0.25, 0.3) is 11.1 Å². The Morgan fingerprint density at radius 2 is 1.68 bits per heavy atom. The molecule has 0 spiro atoms. The molecule has 0 aliphatic rings. The molecule has 2 rings (SSSR count). The summed E-state index contributed by atoms with van der Waals surface area (Å²) in [6.45, 7) is 3.92. The summed E-state index contributed by atoms with van der Waals surface area (Å²) >= 11 is 0. The monoisotopic (exact) mass is 258 g/mol. The molecule has 0 atom stereocenters. The number of benzene rings is 2. The molecule has 2 aromatic rings. The summed E-state index contributed by atoms with van der Waals surface area (Å²) in [6, 6.07) is 8.47. The first-order valence-corrected chi connectivity index (χ1v) is 5.97. The van der Waals surface area contributed by atoms with Gasteiger partial charge < -0.3 is 4.74 Å². The van der Waals surface area contributed by atoms with Gasteiger partial charge in [-0.05, 0) is 60.4 Å². The van der Waals surface area contributed by atoms with Gasteiger partial charge in [-0.25, -0.2) is 4.39 Å². The Morgan fingerprint density at radius 3 is 2.21 bits per heavy atom. The van der Waals surface area contributed by atoms with Crippen LogP contribution in [0.3, 0.4) is 0 Å². The zero-order chi connectivity index (χ0) is 14.0. The lowest BCUT2D eigenvalue weighted by Crippen LogP contribution is -1.93. The third-order valence-corrected chi connectivity index (χ3v) is 3.12. The van der Waals surface area contributed by atoms with E-state index in [9.17, 15) is 9.18 Å². The first-order chi connectivity index (χ1) is 9.06. The summed E-state index contributed by atoms with van der Waals surface area (Å²) in [5.74, 6) is 0.349. The van der Waals surface area contributed by atoms with Crippen molar-refractivity contribution < 1.29 is 13.9 Å². The molecule has 0 radical (unpaired) electrons. The summed E-state index contributed by atoms with van der Waals surface area (Å²) in [7, 11) is 1.64. The van der Waals surface area contributed by atoms with E-state index in [1.165, 1.54) is 6.07 Å². The van der Waals surface area contributed by atoms with Crippen LogP contribution in [0.4, 0.5) is 4.39 Å². The van der Waals surface area contributed by atoms with Crippen LogP contribution in [0.15, 0.2) is 30.3 Å². The van der Waals surface area contributed by atoms with Gasteiger partial charge in [0.25, 0.3) is 0 Å². The molecule has 19 heavy (non-hydrogen) atoms. The highest BCUT2D eigenvalue weighted by molar-refractivity contribution is 5.79. The molecule has 0 bridgehead atoms. The van der Waals surface area contributed by atoms with Gasteiger partial charge >= 0.3 is 0 Å². The largest absolute Gasteiger partial charge is 0.496 e. The number of ether oxygens (including phenoxy) is 1. The van der Waals surface area contributed by atoms with Crippen molar-refractivity contribution in [1.82, 2.24) is 0 Å². The molecule has 98 valence electrons. The molecular weight excluding hydrogens is 243 g/mol. The molecule has 0 aliphatic carbocycles. The van der Waals surface area contributed by atoms with Crippen LogP contribution in [-0.4, -0.2) is 13.4 Å². The predicted molar refractivity (Wildman–Crippen MR) is 73.2 cm³/mol. The summed E-state index contributed by atoms with van der Waals surface area (Å²) in [5, 5.41) is 0. The highest BCUT2D eigenvalue weighted by Crippen LogP contribution is 2.30. The molecule has 0 fully saturated rings. The molecule has 0 aliphatic heterocycles. The van der Waals surface area contributed by atoms with E-state index >= 15 is 0 Å². The van der Waals surface area contributed by atoms with E-state index in [-0.39, 0.29) is 5.56 Å². The van der Waals surface area contributed by atoms with Crippen LogP contribution in [0, 0.1) is 19.7 Å². The SMILES string of the molecule is COc1c(C)cc(-c2ccc(F)c(C=O)c2)cc1C. The van der Waals surface area contributed by atoms with E-state index in [1.807, 2.05) is 26.0 Å². The number of hydrogen-bond donors (Lipinski definition) is 0. The topological polar surface area (TPSA) is 26.3 Å². The molecule has 0 heterocycles. The fourth-order valence-corrected chi connectivity index (χ4v) is 2.25. The maximum absolute atomic E-state index is 13.3. The highest BCUT2D eigenvalue weighted by Gasteiger charge is 2.09. The smallest absolute Gasteiger partial charge is 0.153 e. The van der Waals surface area contributed by atoms with Crippen LogP contribution in [0.2, 0.25) is 0 Å². The van der Waals surface area contributed by atoms with E-state index in [1.54, 1.807) is 19.2 Å². The van der Waals surface area contributed by atoms with Gasteiger partial charge in [-0.1, -0.05) is 6.07 Å². The van der Waals surface area contributed by atoms with Crippen molar-refractivity contribution >= 4 is 6.29 Å². The number of halogens is 1. The first-order valence-electron chi connectivity index (χ1n) is 5.97. The fraction of sp³-hybridized carbons (Fsp3) is 0.188. The van der Waals surface area contributed by atoms with Crippen molar-refractivity contribution in [2.24, 2.45) is 0 Å². The summed E-state index contributed by atoms with van der Waals surface area (Å²) in [4.78, 5) is 10.8. The Kier molecular flexibility index (Phi) is 3.65. The van der Waals surface area contributed by atoms with Crippen molar-refractivity contribution in [3.63, 3.8) is 0 Å². The number of hydrogen-bond acceptors (Lipinski definition) is 2. The van der Waals surface area contributed by atoms with Gasteiger partial charge in [-0.3, -0.25) is 4.79 Å². The van der Waals surface area contributed by atoms with Gasteiger partial charge in [-0.15, -0.1) is 0 Å². The van der Waals surface area contributed by atoms with Crippen LogP contribution in [0.5, 0.6) is 5.75 Å². The van der Waals surface area contributed by atoms with Crippen LogP contribution < -0.4 is 4.74 Å². The van der Waals surface area contributed by atoms with Gasteiger partial charge in [0.05, 0.1) is 12.7 Å². The van der Waals surface area contributed by atoms with Crippen molar-refractivity contribution in [2.45, 2.75) is 13.8 Å². The van der Waals surface area contributed by atoms with Gasteiger partial charge in [0.2, 0.25) is 0 Å². The lowest BCUT2D eigenvalue weighted by molar-refractivity contribution is 0.112. The second-order valence-corrected chi connectivity index (χ2v) is 4.50. The average molecular weight is 258 g/mol. The highest BCUT2D eigenvalue weighted by atomic mass is 19.1. The maximum atomic E-state index is 13.3. The van der Waals surface area contributed by atoms with E-state index in [2.05, 4.69) is 0 Å². The molecule has 3 heteroatoms. The fourth-order valence-electron chi connectivity index (χ4n) is 2.25. The van der Waals surface area contributed by atoms with Gasteiger partial charge in [0.15, 0.2) is 6.29 Å². The predicted octanol–water partition coefficient (Wildman–Crippen LogP) is 3.93. The minimum Gasteiger partial charge on any atom is -0.496 e. The maximum Gasteiger partial charge on any atom is 0.153 e. The van der Waals surface area contributed by atoms with Crippen molar-refractivity contribution in [1.29, 1.82) is 0 Å². The van der Waals surface area contributed by atoms with E-state index in [4.69, 9.17) is 4.74 Å². The van der Waals surface area contributed by atoms with Crippen molar-refractivity contribution in [3.8, 4) is 16.9 Å². The quantitative estimate of drug-likeness (QED) is 0.780. The molecule has 0 amide bonds. The van der Waals surface area contributed by atoms with Crippen LogP contribution in [-0.2, 0) is 0 Å². The number of methoxy groups -OCH3 is 1. The third kappa shape index (κ3) is 2.50. The molecular formula is C16H15FO2. The van der Waals surface area contributed by atoms with E-state index < -0.39 is 5.82 Å². The second kappa shape index (κ2) is 5.22. The minimum atomic E-state index is -0.499. The Hall–Kier alpha value is -2.16. The molecule has 2 nitrogen and oxygen atoms in total. The lowest BCUT2D eigenvalue weighted by Gasteiger charge is -2.12. The minimum absolute atomic E-state index is 0.0728.